The monoisotopic (exact) mass is 398 g/mol. The summed E-state index contributed by atoms with van der Waals surface area (Å²) < 4.78 is 6.61. The molecule has 1 N–H and O–H groups in total. The fraction of sp³-hybridized carbons (Fsp3) is 0.238. The number of para-hydroxylation sites is 1. The van der Waals surface area contributed by atoms with Crippen molar-refractivity contribution in [2.75, 3.05) is 33.1 Å². The highest BCUT2D eigenvalue weighted by Gasteiger charge is 2.17. The first-order valence-corrected chi connectivity index (χ1v) is 9.26. The van der Waals surface area contributed by atoms with Gasteiger partial charge in [0, 0.05) is 6.54 Å². The van der Waals surface area contributed by atoms with Crippen LogP contribution in [0.1, 0.15) is 11.6 Å². The molecule has 7 heteroatoms. The van der Waals surface area contributed by atoms with Gasteiger partial charge < -0.3 is 15.0 Å². The van der Waals surface area contributed by atoms with Crippen molar-refractivity contribution in [3.05, 3.63) is 81.7 Å². The minimum atomic E-state index is -0.361. The van der Waals surface area contributed by atoms with Gasteiger partial charge in [0.25, 0.3) is 5.56 Å². The summed E-state index contributed by atoms with van der Waals surface area (Å²) in [4.78, 5) is 14.7. The summed E-state index contributed by atoms with van der Waals surface area (Å²) in [7, 11) is 5.65. The Hall–Kier alpha value is -2.83. The van der Waals surface area contributed by atoms with Crippen molar-refractivity contribution >= 4 is 17.3 Å². The minimum absolute atomic E-state index is 0.0581. The lowest BCUT2D eigenvalue weighted by Gasteiger charge is -2.26. The molecule has 0 aliphatic rings. The molecular weight excluding hydrogens is 376 g/mol. The zero-order valence-corrected chi connectivity index (χ0v) is 16.8. The van der Waals surface area contributed by atoms with Crippen LogP contribution in [0.4, 0.5) is 5.69 Å². The van der Waals surface area contributed by atoms with E-state index in [-0.39, 0.29) is 16.6 Å². The van der Waals surface area contributed by atoms with E-state index in [1.54, 1.807) is 13.3 Å². The molecule has 0 saturated carbocycles. The molecule has 3 rings (SSSR count). The number of benzene rings is 2. The third kappa shape index (κ3) is 4.35. The maximum absolute atomic E-state index is 12.6. The number of methoxy groups -OCH3 is 1. The van der Waals surface area contributed by atoms with Crippen LogP contribution in [0.2, 0.25) is 5.02 Å². The highest BCUT2D eigenvalue weighted by molar-refractivity contribution is 6.32. The summed E-state index contributed by atoms with van der Waals surface area (Å²) in [5, 5.41) is 7.63. The Morgan fingerprint density at radius 3 is 2.61 bits per heavy atom. The Morgan fingerprint density at radius 2 is 1.93 bits per heavy atom. The molecule has 0 amide bonds. The topological polar surface area (TPSA) is 59.4 Å². The minimum Gasteiger partial charge on any atom is -0.497 e. The zero-order valence-electron chi connectivity index (χ0n) is 16.1. The van der Waals surface area contributed by atoms with E-state index in [1.165, 1.54) is 4.68 Å². The lowest BCUT2D eigenvalue weighted by molar-refractivity contribution is 0.310. The van der Waals surface area contributed by atoms with Crippen molar-refractivity contribution < 1.29 is 4.74 Å². The van der Waals surface area contributed by atoms with Gasteiger partial charge in [0.1, 0.15) is 10.8 Å². The van der Waals surface area contributed by atoms with Gasteiger partial charge in [-0.15, -0.1) is 0 Å². The van der Waals surface area contributed by atoms with Gasteiger partial charge in [-0.05, 0) is 43.9 Å². The van der Waals surface area contributed by atoms with Gasteiger partial charge in [-0.1, -0.05) is 41.9 Å². The van der Waals surface area contributed by atoms with Gasteiger partial charge in [-0.25, -0.2) is 0 Å². The standard InChI is InChI=1S/C21H23ClN4O2/c1-25(2)19(15-8-7-11-17(12-15)28-3)14-23-18-13-24-26(21(27)20(18)22)16-9-5-4-6-10-16/h4-13,19,23H,14H2,1-3H3/t19-/m0/s1. The Bertz CT molecular complexity index is 989. The predicted octanol–water partition coefficient (Wildman–Crippen LogP) is 3.61. The second-order valence-electron chi connectivity index (χ2n) is 6.56. The van der Waals surface area contributed by atoms with E-state index < -0.39 is 0 Å². The van der Waals surface area contributed by atoms with E-state index in [0.29, 0.717) is 17.9 Å². The molecular formula is C21H23ClN4O2. The molecule has 0 bridgehead atoms. The van der Waals surface area contributed by atoms with Gasteiger partial charge >= 0.3 is 0 Å². The van der Waals surface area contributed by atoms with Crippen LogP contribution in [-0.4, -0.2) is 42.4 Å². The number of rotatable bonds is 7. The number of nitrogens with zero attached hydrogens (tertiary/aromatic N) is 3. The molecule has 0 radical (unpaired) electrons. The first-order chi connectivity index (χ1) is 13.5. The normalized spacial score (nSPS) is 12.0. The molecule has 0 fully saturated rings. The summed E-state index contributed by atoms with van der Waals surface area (Å²) in [6, 6.07) is 17.2. The van der Waals surface area contributed by atoms with Crippen LogP contribution in [0.5, 0.6) is 5.75 Å². The molecule has 3 aromatic rings. The fourth-order valence-corrected chi connectivity index (χ4v) is 3.16. The van der Waals surface area contributed by atoms with Crippen LogP contribution in [-0.2, 0) is 0 Å². The highest BCUT2D eigenvalue weighted by atomic mass is 35.5. The summed E-state index contributed by atoms with van der Waals surface area (Å²) in [5.74, 6) is 0.800. The molecule has 1 aromatic heterocycles. The maximum Gasteiger partial charge on any atom is 0.292 e. The van der Waals surface area contributed by atoms with E-state index in [4.69, 9.17) is 16.3 Å². The second kappa shape index (κ2) is 8.91. The Labute approximate surface area is 169 Å². The predicted molar refractivity (Wildman–Crippen MR) is 113 cm³/mol. The smallest absolute Gasteiger partial charge is 0.292 e. The number of nitrogens with one attached hydrogen (secondary N) is 1. The summed E-state index contributed by atoms with van der Waals surface area (Å²) in [6.07, 6.45) is 1.58. The molecule has 0 unspecified atom stereocenters. The number of ether oxygens (including phenoxy) is 1. The van der Waals surface area contributed by atoms with Gasteiger partial charge in [0.05, 0.1) is 30.7 Å². The fourth-order valence-electron chi connectivity index (χ4n) is 2.96. The number of likely N-dealkylation sites (N-methyl/N-ethyl adjacent to an activating group) is 1. The van der Waals surface area contributed by atoms with Crippen molar-refractivity contribution in [3.63, 3.8) is 0 Å². The number of halogens is 1. The van der Waals surface area contributed by atoms with E-state index in [2.05, 4.69) is 15.3 Å². The average molecular weight is 399 g/mol. The summed E-state index contributed by atoms with van der Waals surface area (Å²) >= 11 is 6.34. The van der Waals surface area contributed by atoms with Gasteiger partial charge in [0.15, 0.2) is 0 Å². The Balaban J connectivity index is 1.82. The van der Waals surface area contributed by atoms with Gasteiger partial charge in [-0.3, -0.25) is 4.79 Å². The molecule has 0 aliphatic carbocycles. The van der Waals surface area contributed by atoms with Crippen LogP contribution in [0.3, 0.4) is 0 Å². The second-order valence-corrected chi connectivity index (χ2v) is 6.94. The first-order valence-electron chi connectivity index (χ1n) is 8.88. The highest BCUT2D eigenvalue weighted by Crippen LogP contribution is 2.24. The van der Waals surface area contributed by atoms with Gasteiger partial charge in [0.2, 0.25) is 0 Å². The zero-order chi connectivity index (χ0) is 20.1. The van der Waals surface area contributed by atoms with Crippen molar-refractivity contribution in [2.45, 2.75) is 6.04 Å². The molecule has 6 nitrogen and oxygen atoms in total. The third-order valence-electron chi connectivity index (χ3n) is 4.51. The first kappa shape index (κ1) is 19.9. The SMILES string of the molecule is COc1cccc([C@H](CNc2cnn(-c3ccccc3)c(=O)c2Cl)N(C)C)c1. The lowest BCUT2D eigenvalue weighted by atomic mass is 10.1. The van der Waals surface area contributed by atoms with Crippen LogP contribution in [0.25, 0.3) is 5.69 Å². The molecule has 0 saturated heterocycles. The molecule has 0 spiro atoms. The number of hydrogen-bond donors (Lipinski definition) is 1. The van der Waals surface area contributed by atoms with Crippen LogP contribution < -0.4 is 15.6 Å². The van der Waals surface area contributed by atoms with E-state index in [9.17, 15) is 4.79 Å². The maximum atomic E-state index is 12.6. The van der Waals surface area contributed by atoms with E-state index in [1.807, 2.05) is 68.7 Å². The molecule has 1 atom stereocenters. The Kier molecular flexibility index (Phi) is 6.34. The quantitative estimate of drug-likeness (QED) is 0.658. The van der Waals surface area contributed by atoms with E-state index >= 15 is 0 Å². The molecule has 146 valence electrons. The third-order valence-corrected chi connectivity index (χ3v) is 4.87. The van der Waals surface area contributed by atoms with Crippen LogP contribution in [0, 0.1) is 0 Å². The van der Waals surface area contributed by atoms with Crippen molar-refractivity contribution in [1.29, 1.82) is 0 Å². The van der Waals surface area contributed by atoms with Crippen LogP contribution in [0.15, 0.2) is 65.6 Å². The summed E-state index contributed by atoms with van der Waals surface area (Å²) in [6.45, 7) is 0.552. The number of hydrogen-bond acceptors (Lipinski definition) is 5. The van der Waals surface area contributed by atoms with Crippen LogP contribution >= 0.6 is 11.6 Å². The van der Waals surface area contributed by atoms with E-state index in [0.717, 1.165) is 11.3 Å². The average Bonchev–Trinajstić information content (AvgIpc) is 2.72. The van der Waals surface area contributed by atoms with Gasteiger partial charge in [-0.2, -0.15) is 9.78 Å². The molecule has 2 aromatic carbocycles. The lowest BCUT2D eigenvalue weighted by Crippen LogP contribution is -2.28. The van der Waals surface area contributed by atoms with Crippen molar-refractivity contribution in [2.24, 2.45) is 0 Å². The molecule has 0 aliphatic heterocycles. The van der Waals surface area contributed by atoms with Crippen molar-refractivity contribution in [1.82, 2.24) is 14.7 Å². The largest absolute Gasteiger partial charge is 0.497 e. The Morgan fingerprint density at radius 1 is 1.18 bits per heavy atom. The number of aromatic nitrogens is 2. The molecule has 28 heavy (non-hydrogen) atoms. The summed E-state index contributed by atoms with van der Waals surface area (Å²) in [5.41, 5.74) is 1.91. The molecule has 1 heterocycles. The number of anilines is 1. The van der Waals surface area contributed by atoms with Crippen molar-refractivity contribution in [3.8, 4) is 11.4 Å².